The Morgan fingerprint density at radius 1 is 1.20 bits per heavy atom. The largest absolute Gasteiger partial charge is 0.347 e. The smallest absolute Gasteiger partial charge is 0.241 e. The van der Waals surface area contributed by atoms with E-state index in [4.69, 9.17) is 0 Å². The van der Waals surface area contributed by atoms with E-state index in [0.29, 0.717) is 0 Å². The zero-order valence-electron chi connectivity index (χ0n) is 15.4. The van der Waals surface area contributed by atoms with Gasteiger partial charge in [-0.1, -0.05) is 29.8 Å². The van der Waals surface area contributed by atoms with Crippen LogP contribution in [0.25, 0.3) is 0 Å². The number of nitrogens with one attached hydrogen (secondary N) is 1. The van der Waals surface area contributed by atoms with E-state index < -0.39 is 0 Å². The topological polar surface area (TPSA) is 52.7 Å². The van der Waals surface area contributed by atoms with Gasteiger partial charge in [-0.15, -0.1) is 0 Å². The van der Waals surface area contributed by atoms with Crippen molar-refractivity contribution in [2.75, 3.05) is 32.7 Å². The van der Waals surface area contributed by atoms with Gasteiger partial charge >= 0.3 is 0 Å². The van der Waals surface area contributed by atoms with Crippen molar-refractivity contribution in [2.24, 2.45) is 5.41 Å². The van der Waals surface area contributed by atoms with Crippen LogP contribution in [0, 0.1) is 12.3 Å². The van der Waals surface area contributed by atoms with Gasteiger partial charge in [-0.3, -0.25) is 14.5 Å². The van der Waals surface area contributed by atoms with Crippen LogP contribution in [0.2, 0.25) is 0 Å². The fourth-order valence-electron chi connectivity index (χ4n) is 4.31. The van der Waals surface area contributed by atoms with Gasteiger partial charge in [-0.25, -0.2) is 0 Å². The summed E-state index contributed by atoms with van der Waals surface area (Å²) >= 11 is 0. The molecule has 0 radical (unpaired) electrons. The highest BCUT2D eigenvalue weighted by atomic mass is 16.2. The quantitative estimate of drug-likeness (QED) is 0.909. The molecule has 1 spiro atoms. The lowest BCUT2D eigenvalue weighted by molar-refractivity contribution is -0.132. The average Bonchev–Trinajstić information content (AvgIpc) is 2.96. The Morgan fingerprint density at radius 3 is 2.80 bits per heavy atom. The second kappa shape index (κ2) is 7.56. The van der Waals surface area contributed by atoms with Crippen LogP contribution in [0.15, 0.2) is 24.3 Å². The first kappa shape index (κ1) is 17.9. The second-order valence-electron chi connectivity index (χ2n) is 7.78. The number of hydrogen-bond acceptors (Lipinski definition) is 3. The highest BCUT2D eigenvalue weighted by Crippen LogP contribution is 2.39. The molecular weight excluding hydrogens is 314 g/mol. The minimum absolute atomic E-state index is 0.0443. The van der Waals surface area contributed by atoms with Crippen LogP contribution in [0.5, 0.6) is 0 Å². The molecule has 3 rings (SSSR count). The van der Waals surface area contributed by atoms with E-state index in [1.54, 1.807) is 0 Å². The Labute approximate surface area is 150 Å². The van der Waals surface area contributed by atoms with E-state index in [2.05, 4.69) is 41.4 Å². The van der Waals surface area contributed by atoms with E-state index in [-0.39, 0.29) is 23.8 Å². The van der Waals surface area contributed by atoms with Gasteiger partial charge < -0.3 is 10.2 Å². The highest BCUT2D eigenvalue weighted by Gasteiger charge is 2.42. The van der Waals surface area contributed by atoms with Crippen LogP contribution < -0.4 is 5.32 Å². The molecule has 136 valence electrons. The molecule has 1 aromatic carbocycles. The van der Waals surface area contributed by atoms with Crippen LogP contribution in [-0.4, -0.2) is 54.3 Å². The number of aryl methyl sites for hydroxylation is 1. The Hall–Kier alpha value is -1.88. The van der Waals surface area contributed by atoms with Crippen LogP contribution in [0.1, 0.15) is 37.3 Å². The first-order chi connectivity index (χ1) is 12.0. The number of hydrogen-bond donors (Lipinski definition) is 1. The summed E-state index contributed by atoms with van der Waals surface area (Å²) < 4.78 is 0. The number of amides is 2. The fraction of sp³-hybridized carbons (Fsp3) is 0.600. The maximum Gasteiger partial charge on any atom is 0.241 e. The van der Waals surface area contributed by atoms with Gasteiger partial charge in [0.15, 0.2) is 0 Å². The lowest BCUT2D eigenvalue weighted by Crippen LogP contribution is -2.46. The monoisotopic (exact) mass is 343 g/mol. The second-order valence-corrected chi connectivity index (χ2v) is 7.78. The molecule has 25 heavy (non-hydrogen) atoms. The van der Waals surface area contributed by atoms with E-state index in [0.717, 1.165) is 39.1 Å². The summed E-state index contributed by atoms with van der Waals surface area (Å²) in [6.07, 6.45) is 3.46. The SMILES string of the molecule is CC(=O)NCC(=O)N1CCC2(CCCN(Cc3cccc(C)c3)C2)C1. The van der Waals surface area contributed by atoms with Crippen LogP contribution in [-0.2, 0) is 16.1 Å². The first-order valence-corrected chi connectivity index (χ1v) is 9.26. The molecule has 0 bridgehead atoms. The molecule has 1 aromatic rings. The van der Waals surface area contributed by atoms with Crippen molar-refractivity contribution in [3.8, 4) is 0 Å². The lowest BCUT2D eigenvalue weighted by atomic mass is 9.79. The molecule has 2 fully saturated rings. The summed E-state index contributed by atoms with van der Waals surface area (Å²) in [7, 11) is 0. The van der Waals surface area contributed by atoms with Crippen molar-refractivity contribution in [1.82, 2.24) is 15.1 Å². The van der Waals surface area contributed by atoms with Crippen molar-refractivity contribution in [2.45, 2.75) is 39.7 Å². The number of benzene rings is 1. The first-order valence-electron chi connectivity index (χ1n) is 9.26. The molecule has 2 aliphatic rings. The molecule has 5 nitrogen and oxygen atoms in total. The summed E-state index contributed by atoms with van der Waals surface area (Å²) in [6, 6.07) is 8.73. The molecule has 1 N–H and O–H groups in total. The Balaban J connectivity index is 1.57. The molecule has 0 saturated carbocycles. The number of likely N-dealkylation sites (tertiary alicyclic amines) is 2. The van der Waals surface area contributed by atoms with E-state index in [1.807, 2.05) is 4.90 Å². The van der Waals surface area contributed by atoms with Crippen molar-refractivity contribution in [1.29, 1.82) is 0 Å². The van der Waals surface area contributed by atoms with Gasteiger partial charge in [0.1, 0.15) is 0 Å². The van der Waals surface area contributed by atoms with Gasteiger partial charge in [0.05, 0.1) is 6.54 Å². The van der Waals surface area contributed by atoms with Crippen molar-refractivity contribution in [3.63, 3.8) is 0 Å². The lowest BCUT2D eigenvalue weighted by Gasteiger charge is -2.40. The minimum atomic E-state index is -0.149. The van der Waals surface area contributed by atoms with Gasteiger partial charge in [-0.05, 0) is 38.3 Å². The third-order valence-electron chi connectivity index (χ3n) is 5.51. The van der Waals surface area contributed by atoms with Gasteiger partial charge in [0.25, 0.3) is 0 Å². The molecular formula is C20H29N3O2. The van der Waals surface area contributed by atoms with E-state index >= 15 is 0 Å². The molecule has 2 saturated heterocycles. The zero-order chi connectivity index (χ0) is 17.9. The number of rotatable bonds is 4. The molecule has 5 heteroatoms. The molecule has 2 amide bonds. The third-order valence-corrected chi connectivity index (χ3v) is 5.51. The fourth-order valence-corrected chi connectivity index (χ4v) is 4.31. The summed E-state index contributed by atoms with van der Waals surface area (Å²) in [5.41, 5.74) is 2.90. The number of carbonyl (C=O) groups excluding carboxylic acids is 2. The van der Waals surface area contributed by atoms with E-state index in [9.17, 15) is 9.59 Å². The predicted molar refractivity (Wildman–Crippen MR) is 98.0 cm³/mol. The normalized spacial score (nSPS) is 23.8. The van der Waals surface area contributed by atoms with Crippen molar-refractivity contribution >= 4 is 11.8 Å². The van der Waals surface area contributed by atoms with Gasteiger partial charge in [-0.2, -0.15) is 0 Å². The molecule has 1 unspecified atom stereocenters. The van der Waals surface area contributed by atoms with Crippen molar-refractivity contribution < 1.29 is 9.59 Å². The third kappa shape index (κ3) is 4.60. The average molecular weight is 343 g/mol. The predicted octanol–water partition coefficient (Wildman–Crippen LogP) is 1.95. The zero-order valence-corrected chi connectivity index (χ0v) is 15.4. The molecule has 2 heterocycles. The summed E-state index contributed by atoms with van der Waals surface area (Å²) in [4.78, 5) is 27.8. The van der Waals surface area contributed by atoms with Gasteiger partial charge in [0.2, 0.25) is 11.8 Å². The molecule has 2 aliphatic heterocycles. The Bertz CT molecular complexity index is 646. The van der Waals surface area contributed by atoms with Crippen LogP contribution in [0.3, 0.4) is 0 Å². The molecule has 1 atom stereocenters. The standard InChI is InChI=1S/C20H29N3O2/c1-16-5-3-6-18(11-16)13-22-9-4-7-20(14-22)8-10-23(15-20)19(25)12-21-17(2)24/h3,5-6,11H,4,7-10,12-15H2,1-2H3,(H,21,24). The summed E-state index contributed by atoms with van der Waals surface area (Å²) in [5, 5.41) is 2.62. The summed E-state index contributed by atoms with van der Waals surface area (Å²) in [6.45, 7) is 8.54. The maximum atomic E-state index is 12.3. The number of carbonyl (C=O) groups is 2. The molecule has 0 aliphatic carbocycles. The van der Waals surface area contributed by atoms with E-state index in [1.165, 1.54) is 30.9 Å². The molecule has 0 aromatic heterocycles. The van der Waals surface area contributed by atoms with Gasteiger partial charge in [0, 0.05) is 38.5 Å². The number of nitrogens with zero attached hydrogens (tertiary/aromatic N) is 2. The van der Waals surface area contributed by atoms with Crippen LogP contribution >= 0.6 is 0 Å². The number of piperidine rings is 1. The Morgan fingerprint density at radius 2 is 2.04 bits per heavy atom. The Kier molecular flexibility index (Phi) is 5.42. The van der Waals surface area contributed by atoms with Crippen LogP contribution in [0.4, 0.5) is 0 Å². The minimum Gasteiger partial charge on any atom is -0.347 e. The van der Waals surface area contributed by atoms with Crippen molar-refractivity contribution in [3.05, 3.63) is 35.4 Å². The highest BCUT2D eigenvalue weighted by molar-refractivity contribution is 5.83. The maximum absolute atomic E-state index is 12.3. The summed E-state index contributed by atoms with van der Waals surface area (Å²) in [5.74, 6) is -0.105.